The molecule has 0 spiro atoms. The fraction of sp³-hybridized carbons (Fsp3) is 0.417. The molecule has 0 aliphatic carbocycles. The third kappa shape index (κ3) is 2.36. The highest BCUT2D eigenvalue weighted by atomic mass is 16.2. The van der Waals surface area contributed by atoms with Gasteiger partial charge in [-0.15, -0.1) is 0 Å². The monoisotopic (exact) mass is 204 g/mol. The average Bonchev–Trinajstić information content (AvgIpc) is 2.26. The molecule has 1 aliphatic heterocycles. The second-order valence-electron chi connectivity index (χ2n) is 3.92. The highest BCUT2D eigenvalue weighted by Crippen LogP contribution is 2.10. The lowest BCUT2D eigenvalue weighted by atomic mass is 10.1. The Morgan fingerprint density at radius 2 is 2.13 bits per heavy atom. The summed E-state index contributed by atoms with van der Waals surface area (Å²) >= 11 is 0. The lowest BCUT2D eigenvalue weighted by Gasteiger charge is -2.32. The van der Waals surface area contributed by atoms with E-state index in [1.165, 1.54) is 5.56 Å². The highest BCUT2D eigenvalue weighted by Gasteiger charge is 2.24. The quantitative estimate of drug-likeness (QED) is 0.779. The summed E-state index contributed by atoms with van der Waals surface area (Å²) in [6, 6.07) is 10.3. The summed E-state index contributed by atoms with van der Waals surface area (Å²) in [5.41, 5.74) is 1.26. The summed E-state index contributed by atoms with van der Waals surface area (Å²) in [7, 11) is 0. The maximum Gasteiger partial charge on any atom is 0.237 e. The zero-order valence-corrected chi connectivity index (χ0v) is 8.94. The summed E-state index contributed by atoms with van der Waals surface area (Å²) in [6.07, 6.45) is 0. The van der Waals surface area contributed by atoms with Gasteiger partial charge in [0.1, 0.15) is 0 Å². The SMILES string of the molecule is CC1C(=O)NCCN1Cc1ccccc1. The third-order valence-electron chi connectivity index (χ3n) is 2.85. The van der Waals surface area contributed by atoms with E-state index in [1.807, 2.05) is 25.1 Å². The summed E-state index contributed by atoms with van der Waals surface area (Å²) in [6.45, 7) is 4.50. The van der Waals surface area contributed by atoms with E-state index >= 15 is 0 Å². The van der Waals surface area contributed by atoms with Crippen molar-refractivity contribution in [2.45, 2.75) is 19.5 Å². The third-order valence-corrected chi connectivity index (χ3v) is 2.85. The number of piperazine rings is 1. The molecule has 1 aliphatic rings. The lowest BCUT2D eigenvalue weighted by molar-refractivity contribution is -0.128. The van der Waals surface area contributed by atoms with Gasteiger partial charge in [0.25, 0.3) is 0 Å². The fourth-order valence-electron chi connectivity index (χ4n) is 1.86. The molecule has 1 heterocycles. The molecular formula is C12H16N2O. The first-order valence-electron chi connectivity index (χ1n) is 5.33. The Balaban J connectivity index is 2.02. The van der Waals surface area contributed by atoms with Crippen LogP contribution in [0.5, 0.6) is 0 Å². The Labute approximate surface area is 90.1 Å². The van der Waals surface area contributed by atoms with Crippen LogP contribution in [0, 0.1) is 0 Å². The maximum absolute atomic E-state index is 11.4. The summed E-state index contributed by atoms with van der Waals surface area (Å²) < 4.78 is 0. The first-order valence-corrected chi connectivity index (χ1v) is 5.33. The molecule has 1 amide bonds. The number of nitrogens with one attached hydrogen (secondary N) is 1. The number of carbonyl (C=O) groups excluding carboxylic acids is 1. The number of hydrogen-bond donors (Lipinski definition) is 1. The minimum absolute atomic E-state index is 0.0149. The molecule has 1 unspecified atom stereocenters. The number of benzene rings is 1. The van der Waals surface area contributed by atoms with Crippen LogP contribution in [0.1, 0.15) is 12.5 Å². The number of nitrogens with zero attached hydrogens (tertiary/aromatic N) is 1. The standard InChI is InChI=1S/C12H16N2O/c1-10-12(15)13-7-8-14(10)9-11-5-3-2-4-6-11/h2-6,10H,7-9H2,1H3,(H,13,15). The Kier molecular flexibility index (Phi) is 3.02. The molecule has 0 bridgehead atoms. The summed E-state index contributed by atoms with van der Waals surface area (Å²) in [4.78, 5) is 13.6. The van der Waals surface area contributed by atoms with Crippen LogP contribution in [0.4, 0.5) is 0 Å². The number of hydrogen-bond acceptors (Lipinski definition) is 2. The van der Waals surface area contributed by atoms with Crippen molar-refractivity contribution in [3.8, 4) is 0 Å². The molecular weight excluding hydrogens is 188 g/mol. The number of rotatable bonds is 2. The van der Waals surface area contributed by atoms with Gasteiger partial charge >= 0.3 is 0 Å². The molecule has 1 saturated heterocycles. The molecule has 3 heteroatoms. The molecule has 15 heavy (non-hydrogen) atoms. The molecule has 1 aromatic carbocycles. The van der Waals surface area contributed by atoms with E-state index < -0.39 is 0 Å². The molecule has 1 atom stereocenters. The van der Waals surface area contributed by atoms with Crippen LogP contribution in [0.3, 0.4) is 0 Å². The van der Waals surface area contributed by atoms with E-state index in [0.717, 1.165) is 19.6 Å². The zero-order valence-electron chi connectivity index (χ0n) is 8.94. The predicted molar refractivity (Wildman–Crippen MR) is 59.3 cm³/mol. The second-order valence-corrected chi connectivity index (χ2v) is 3.92. The second kappa shape index (κ2) is 4.45. The van der Waals surface area contributed by atoms with Crippen molar-refractivity contribution in [1.82, 2.24) is 10.2 Å². The van der Waals surface area contributed by atoms with Crippen LogP contribution in [0.25, 0.3) is 0 Å². The zero-order chi connectivity index (χ0) is 10.7. The van der Waals surface area contributed by atoms with Gasteiger partial charge in [0, 0.05) is 19.6 Å². The topological polar surface area (TPSA) is 32.3 Å². The molecule has 2 rings (SSSR count). The molecule has 1 fully saturated rings. The lowest BCUT2D eigenvalue weighted by Crippen LogP contribution is -2.53. The maximum atomic E-state index is 11.4. The van der Waals surface area contributed by atoms with E-state index in [4.69, 9.17) is 0 Å². The van der Waals surface area contributed by atoms with Gasteiger partial charge in [0.15, 0.2) is 0 Å². The number of carbonyl (C=O) groups is 1. The molecule has 0 aromatic heterocycles. The molecule has 0 saturated carbocycles. The predicted octanol–water partition coefficient (Wildman–Crippen LogP) is 1.01. The van der Waals surface area contributed by atoms with Crippen molar-refractivity contribution in [2.75, 3.05) is 13.1 Å². The average molecular weight is 204 g/mol. The minimum Gasteiger partial charge on any atom is -0.353 e. The van der Waals surface area contributed by atoms with Crippen LogP contribution in [0.2, 0.25) is 0 Å². The van der Waals surface area contributed by atoms with Gasteiger partial charge in [-0.1, -0.05) is 30.3 Å². The van der Waals surface area contributed by atoms with Gasteiger partial charge in [-0.2, -0.15) is 0 Å². The molecule has 1 aromatic rings. The first-order chi connectivity index (χ1) is 7.27. The minimum atomic E-state index is -0.0149. The van der Waals surface area contributed by atoms with E-state index in [9.17, 15) is 4.79 Å². The van der Waals surface area contributed by atoms with Gasteiger partial charge in [0.05, 0.1) is 6.04 Å². The van der Waals surface area contributed by atoms with Crippen LogP contribution in [0.15, 0.2) is 30.3 Å². The Hall–Kier alpha value is -1.35. The van der Waals surface area contributed by atoms with Gasteiger partial charge in [0.2, 0.25) is 5.91 Å². The van der Waals surface area contributed by atoms with Crippen LogP contribution in [-0.4, -0.2) is 29.9 Å². The summed E-state index contributed by atoms with van der Waals surface area (Å²) in [5, 5.41) is 2.87. The highest BCUT2D eigenvalue weighted by molar-refractivity contribution is 5.81. The molecule has 3 nitrogen and oxygen atoms in total. The van der Waals surface area contributed by atoms with Gasteiger partial charge in [-0.05, 0) is 12.5 Å². The Morgan fingerprint density at radius 1 is 1.40 bits per heavy atom. The van der Waals surface area contributed by atoms with Gasteiger partial charge in [-0.3, -0.25) is 9.69 Å². The van der Waals surface area contributed by atoms with Crippen molar-refractivity contribution in [2.24, 2.45) is 0 Å². The van der Waals surface area contributed by atoms with Crippen molar-refractivity contribution < 1.29 is 4.79 Å². The normalized spacial score (nSPS) is 22.5. The van der Waals surface area contributed by atoms with Gasteiger partial charge < -0.3 is 5.32 Å². The van der Waals surface area contributed by atoms with E-state index in [-0.39, 0.29) is 11.9 Å². The van der Waals surface area contributed by atoms with E-state index in [2.05, 4.69) is 22.3 Å². The van der Waals surface area contributed by atoms with Crippen LogP contribution >= 0.6 is 0 Å². The Morgan fingerprint density at radius 3 is 2.87 bits per heavy atom. The van der Waals surface area contributed by atoms with Crippen LogP contribution in [-0.2, 0) is 11.3 Å². The van der Waals surface area contributed by atoms with E-state index in [0.29, 0.717) is 0 Å². The van der Waals surface area contributed by atoms with E-state index in [1.54, 1.807) is 0 Å². The van der Waals surface area contributed by atoms with Crippen molar-refractivity contribution in [3.05, 3.63) is 35.9 Å². The van der Waals surface area contributed by atoms with Crippen molar-refractivity contribution >= 4 is 5.91 Å². The largest absolute Gasteiger partial charge is 0.353 e. The first kappa shape index (κ1) is 10.2. The van der Waals surface area contributed by atoms with Crippen molar-refractivity contribution in [1.29, 1.82) is 0 Å². The van der Waals surface area contributed by atoms with Gasteiger partial charge in [-0.25, -0.2) is 0 Å². The molecule has 1 N–H and O–H groups in total. The van der Waals surface area contributed by atoms with Crippen LogP contribution < -0.4 is 5.32 Å². The smallest absolute Gasteiger partial charge is 0.237 e. The Bertz CT molecular complexity index is 337. The molecule has 80 valence electrons. The summed E-state index contributed by atoms with van der Waals surface area (Å²) in [5.74, 6) is 0.136. The fourth-order valence-corrected chi connectivity index (χ4v) is 1.86. The molecule has 0 radical (unpaired) electrons. The number of amides is 1. The van der Waals surface area contributed by atoms with Crippen molar-refractivity contribution in [3.63, 3.8) is 0 Å².